The molecule has 25 heavy (non-hydrogen) atoms. The molecule has 0 aromatic rings. The molecule has 0 heterocycles. The second-order valence-corrected chi connectivity index (χ2v) is 9.36. The standard InChI is InChI=1S/C22H30O3/c1-14(24)18-5-6-19-17-4-3-15-13-16(25)7-10-22(15,11-12-23)20(17)8-9-21(18,19)2/h12-13,17-20H,3-11H2,1-2H3/t17-,18+,19-,20-,21+,22+/m0/s1. The molecule has 0 N–H and O–H groups in total. The largest absolute Gasteiger partial charge is 0.303 e. The summed E-state index contributed by atoms with van der Waals surface area (Å²) in [4.78, 5) is 35.7. The third-order valence-corrected chi connectivity index (χ3v) is 8.62. The van der Waals surface area contributed by atoms with Crippen molar-refractivity contribution in [2.45, 2.75) is 71.6 Å². The van der Waals surface area contributed by atoms with E-state index in [0.717, 1.165) is 51.2 Å². The number of ketones is 2. The number of hydrogen-bond acceptors (Lipinski definition) is 3. The second-order valence-electron chi connectivity index (χ2n) is 9.36. The Balaban J connectivity index is 1.71. The Bertz CT molecular complexity index is 648. The average molecular weight is 342 g/mol. The number of aldehydes is 1. The minimum Gasteiger partial charge on any atom is -0.303 e. The van der Waals surface area contributed by atoms with Gasteiger partial charge in [-0.05, 0) is 81.1 Å². The van der Waals surface area contributed by atoms with Crippen molar-refractivity contribution in [1.29, 1.82) is 0 Å². The normalized spacial score (nSPS) is 45.8. The summed E-state index contributed by atoms with van der Waals surface area (Å²) < 4.78 is 0. The number of carbonyl (C=O) groups is 3. The fourth-order valence-electron chi connectivity index (χ4n) is 7.56. The predicted octanol–water partition coefficient (Wildman–Crippen LogP) is 4.29. The van der Waals surface area contributed by atoms with Crippen LogP contribution in [-0.4, -0.2) is 17.9 Å². The van der Waals surface area contributed by atoms with Crippen molar-refractivity contribution in [3.63, 3.8) is 0 Å². The molecule has 6 atom stereocenters. The van der Waals surface area contributed by atoms with Crippen molar-refractivity contribution < 1.29 is 14.4 Å². The maximum absolute atomic E-state index is 12.2. The van der Waals surface area contributed by atoms with Gasteiger partial charge in [0.05, 0.1) is 0 Å². The highest BCUT2D eigenvalue weighted by Gasteiger charge is 2.60. The van der Waals surface area contributed by atoms with E-state index >= 15 is 0 Å². The number of rotatable bonds is 3. The van der Waals surface area contributed by atoms with Crippen molar-refractivity contribution in [3.8, 4) is 0 Å². The fourth-order valence-corrected chi connectivity index (χ4v) is 7.56. The molecule has 4 aliphatic carbocycles. The molecule has 3 nitrogen and oxygen atoms in total. The first-order valence-corrected chi connectivity index (χ1v) is 10.1. The summed E-state index contributed by atoms with van der Waals surface area (Å²) in [6, 6.07) is 0. The summed E-state index contributed by atoms with van der Waals surface area (Å²) in [7, 11) is 0. The zero-order chi connectivity index (χ0) is 17.8. The van der Waals surface area contributed by atoms with Gasteiger partial charge in [-0.3, -0.25) is 9.59 Å². The first-order chi connectivity index (χ1) is 11.9. The zero-order valence-electron chi connectivity index (χ0n) is 15.6. The van der Waals surface area contributed by atoms with Gasteiger partial charge in [0.15, 0.2) is 5.78 Å². The van der Waals surface area contributed by atoms with Crippen molar-refractivity contribution in [1.82, 2.24) is 0 Å². The molecule has 0 aromatic carbocycles. The van der Waals surface area contributed by atoms with Gasteiger partial charge in [-0.25, -0.2) is 0 Å². The number of fused-ring (bicyclic) bond motifs is 5. The lowest BCUT2D eigenvalue weighted by atomic mass is 9.45. The Morgan fingerprint density at radius 2 is 1.96 bits per heavy atom. The molecular formula is C22H30O3. The molecule has 4 rings (SSSR count). The number of Topliss-reactive ketones (excluding diaryl/α,β-unsaturated/α-hetero) is 1. The summed E-state index contributed by atoms with van der Waals surface area (Å²) >= 11 is 0. The van der Waals surface area contributed by atoms with Gasteiger partial charge in [-0.1, -0.05) is 12.5 Å². The first kappa shape index (κ1) is 17.2. The molecule has 0 saturated heterocycles. The minimum absolute atomic E-state index is 0.0613. The first-order valence-electron chi connectivity index (χ1n) is 10.1. The summed E-state index contributed by atoms with van der Waals surface area (Å²) in [5.41, 5.74) is 1.36. The molecule has 3 fully saturated rings. The Labute approximate surface area is 150 Å². The van der Waals surface area contributed by atoms with Crippen molar-refractivity contribution in [2.24, 2.45) is 34.5 Å². The van der Waals surface area contributed by atoms with Gasteiger partial charge in [0.1, 0.15) is 12.1 Å². The van der Waals surface area contributed by atoms with E-state index in [2.05, 4.69) is 6.92 Å². The Hall–Kier alpha value is -1.25. The average Bonchev–Trinajstić information content (AvgIpc) is 2.93. The van der Waals surface area contributed by atoms with E-state index in [9.17, 15) is 14.4 Å². The molecule has 0 spiro atoms. The fraction of sp³-hybridized carbons (Fsp3) is 0.773. The maximum atomic E-state index is 12.2. The Morgan fingerprint density at radius 3 is 2.68 bits per heavy atom. The molecule has 0 amide bonds. The van der Waals surface area contributed by atoms with Crippen LogP contribution in [-0.2, 0) is 14.4 Å². The van der Waals surface area contributed by atoms with E-state index in [1.807, 2.05) is 6.08 Å². The van der Waals surface area contributed by atoms with E-state index < -0.39 is 0 Å². The van der Waals surface area contributed by atoms with Crippen LogP contribution in [0.25, 0.3) is 0 Å². The minimum atomic E-state index is -0.0613. The Morgan fingerprint density at radius 1 is 1.16 bits per heavy atom. The number of hydrogen-bond donors (Lipinski definition) is 0. The van der Waals surface area contributed by atoms with Gasteiger partial charge in [0.25, 0.3) is 0 Å². The highest BCUT2D eigenvalue weighted by atomic mass is 16.1. The monoisotopic (exact) mass is 342 g/mol. The molecule has 0 aliphatic heterocycles. The third kappa shape index (κ3) is 2.34. The predicted molar refractivity (Wildman–Crippen MR) is 95.9 cm³/mol. The number of allylic oxidation sites excluding steroid dienone is 1. The molecule has 136 valence electrons. The van der Waals surface area contributed by atoms with E-state index in [1.165, 1.54) is 5.57 Å². The van der Waals surface area contributed by atoms with Crippen molar-refractivity contribution in [2.75, 3.05) is 0 Å². The van der Waals surface area contributed by atoms with Crippen LogP contribution < -0.4 is 0 Å². The van der Waals surface area contributed by atoms with E-state index in [0.29, 0.717) is 36.4 Å². The van der Waals surface area contributed by atoms with Gasteiger partial charge < -0.3 is 4.79 Å². The highest BCUT2D eigenvalue weighted by molar-refractivity contribution is 5.92. The second kappa shape index (κ2) is 5.89. The van der Waals surface area contributed by atoms with E-state index in [4.69, 9.17) is 0 Å². The van der Waals surface area contributed by atoms with E-state index in [-0.39, 0.29) is 22.5 Å². The smallest absolute Gasteiger partial charge is 0.155 e. The van der Waals surface area contributed by atoms with Crippen LogP contribution in [0, 0.1) is 34.5 Å². The van der Waals surface area contributed by atoms with Gasteiger partial charge >= 0.3 is 0 Å². The Kier molecular flexibility index (Phi) is 4.05. The van der Waals surface area contributed by atoms with Crippen LogP contribution in [0.3, 0.4) is 0 Å². The lowest BCUT2D eigenvalue weighted by molar-refractivity contribution is -0.129. The maximum Gasteiger partial charge on any atom is 0.155 e. The summed E-state index contributed by atoms with van der Waals surface area (Å²) in [6.45, 7) is 4.13. The van der Waals surface area contributed by atoms with Crippen LogP contribution in [0.5, 0.6) is 0 Å². The molecule has 3 heteroatoms. The summed E-state index contributed by atoms with van der Waals surface area (Å²) in [5, 5.41) is 0. The SMILES string of the molecule is CC(=O)[C@H]1CC[C@H]2[C@@H]3CCC4=CC(=O)CC[C@]4(CC=O)[C@H]3CC[C@]12C. The molecule has 0 unspecified atom stereocenters. The molecule has 0 aromatic heterocycles. The van der Waals surface area contributed by atoms with Crippen molar-refractivity contribution >= 4 is 17.9 Å². The quantitative estimate of drug-likeness (QED) is 0.719. The van der Waals surface area contributed by atoms with Crippen LogP contribution in [0.1, 0.15) is 71.6 Å². The molecular weight excluding hydrogens is 312 g/mol. The lowest BCUT2D eigenvalue weighted by Crippen LogP contribution is -2.52. The van der Waals surface area contributed by atoms with Crippen LogP contribution in [0.4, 0.5) is 0 Å². The van der Waals surface area contributed by atoms with E-state index in [1.54, 1.807) is 6.92 Å². The zero-order valence-corrected chi connectivity index (χ0v) is 15.6. The summed E-state index contributed by atoms with van der Waals surface area (Å²) in [5.74, 6) is 2.59. The molecule has 0 bridgehead atoms. The van der Waals surface area contributed by atoms with Crippen LogP contribution >= 0.6 is 0 Å². The topological polar surface area (TPSA) is 51.2 Å². The lowest BCUT2D eigenvalue weighted by Gasteiger charge is -2.58. The van der Waals surface area contributed by atoms with Gasteiger partial charge in [-0.2, -0.15) is 0 Å². The van der Waals surface area contributed by atoms with Crippen LogP contribution in [0.2, 0.25) is 0 Å². The van der Waals surface area contributed by atoms with Gasteiger partial charge in [-0.15, -0.1) is 0 Å². The van der Waals surface area contributed by atoms with Crippen molar-refractivity contribution in [3.05, 3.63) is 11.6 Å². The third-order valence-electron chi connectivity index (χ3n) is 8.62. The highest BCUT2D eigenvalue weighted by Crippen LogP contribution is 2.67. The molecule has 4 aliphatic rings. The van der Waals surface area contributed by atoms with Gasteiger partial charge in [0.2, 0.25) is 0 Å². The summed E-state index contributed by atoms with van der Waals surface area (Å²) in [6.07, 6.45) is 11.5. The van der Waals surface area contributed by atoms with Gasteiger partial charge in [0, 0.05) is 24.2 Å². The van der Waals surface area contributed by atoms with Crippen LogP contribution in [0.15, 0.2) is 11.6 Å². The molecule has 3 saturated carbocycles. The number of carbonyl (C=O) groups excluding carboxylic acids is 3. The molecule has 0 radical (unpaired) electrons.